The predicted octanol–water partition coefficient (Wildman–Crippen LogP) is 1.36. The average molecular weight is 260 g/mol. The van der Waals surface area contributed by atoms with Crippen LogP contribution in [-0.4, -0.2) is 37.6 Å². The van der Waals surface area contributed by atoms with E-state index >= 15 is 0 Å². The molecule has 100 valence electrons. The molecule has 0 saturated carbocycles. The Kier molecular flexibility index (Phi) is 3.03. The molecule has 1 fully saturated rings. The molecule has 3 rings (SSSR count). The molecule has 5 heteroatoms. The summed E-state index contributed by atoms with van der Waals surface area (Å²) in [5, 5.41) is 3.23. The summed E-state index contributed by atoms with van der Waals surface area (Å²) in [4.78, 5) is 14.3. The molecule has 0 aliphatic carbocycles. The maximum absolute atomic E-state index is 12.2. The molecule has 0 atom stereocenters. The molecule has 5 nitrogen and oxygen atoms in total. The van der Waals surface area contributed by atoms with Crippen LogP contribution in [0, 0.1) is 0 Å². The van der Waals surface area contributed by atoms with E-state index in [0.717, 1.165) is 25.3 Å². The second kappa shape index (κ2) is 4.84. The van der Waals surface area contributed by atoms with Crippen molar-refractivity contribution in [2.75, 3.05) is 26.9 Å². The molecule has 0 spiro atoms. The first-order chi connectivity index (χ1) is 9.24. The van der Waals surface area contributed by atoms with E-state index in [1.54, 1.807) is 24.3 Å². The molecule has 1 saturated heterocycles. The summed E-state index contributed by atoms with van der Waals surface area (Å²) in [5.74, 6) is 2.16. The van der Waals surface area contributed by atoms with E-state index in [1.807, 2.05) is 11.9 Å². The topological polar surface area (TPSA) is 50.8 Å². The van der Waals surface area contributed by atoms with Crippen molar-refractivity contribution in [1.82, 2.24) is 10.2 Å². The molecular formula is C14H16N2O3. The first-order valence-electron chi connectivity index (χ1n) is 6.35. The number of hydrogen-bond acceptors (Lipinski definition) is 5. The number of allylic oxidation sites excluding steroid dienone is 1. The highest BCUT2D eigenvalue weighted by Crippen LogP contribution is 2.32. The number of carbonyl (C=O) groups is 1. The van der Waals surface area contributed by atoms with Crippen molar-refractivity contribution in [3.8, 4) is 11.5 Å². The minimum absolute atomic E-state index is 0.0328. The van der Waals surface area contributed by atoms with Gasteiger partial charge < -0.3 is 19.7 Å². The van der Waals surface area contributed by atoms with Crippen LogP contribution in [0.15, 0.2) is 30.1 Å². The summed E-state index contributed by atoms with van der Waals surface area (Å²) in [6, 6.07) is 5.26. The number of ether oxygens (including phenoxy) is 2. The Hall–Kier alpha value is -2.17. The van der Waals surface area contributed by atoms with Gasteiger partial charge >= 0.3 is 0 Å². The molecule has 1 N–H and O–H groups in total. The van der Waals surface area contributed by atoms with Crippen molar-refractivity contribution in [1.29, 1.82) is 0 Å². The number of carbonyl (C=O) groups excluding carboxylic acids is 1. The van der Waals surface area contributed by atoms with E-state index in [0.29, 0.717) is 17.1 Å². The highest BCUT2D eigenvalue weighted by molar-refractivity contribution is 6.05. The summed E-state index contributed by atoms with van der Waals surface area (Å²) >= 11 is 0. The van der Waals surface area contributed by atoms with Crippen molar-refractivity contribution in [2.24, 2.45) is 0 Å². The van der Waals surface area contributed by atoms with Gasteiger partial charge in [0.2, 0.25) is 6.79 Å². The van der Waals surface area contributed by atoms with Crippen molar-refractivity contribution in [3.63, 3.8) is 0 Å². The third kappa shape index (κ3) is 2.36. The third-order valence-electron chi connectivity index (χ3n) is 3.31. The second-order valence-corrected chi connectivity index (χ2v) is 4.66. The molecular weight excluding hydrogens is 244 g/mol. The lowest BCUT2D eigenvalue weighted by molar-refractivity contribution is 0.104. The maximum atomic E-state index is 12.2. The van der Waals surface area contributed by atoms with Crippen molar-refractivity contribution < 1.29 is 14.3 Å². The van der Waals surface area contributed by atoms with E-state index in [-0.39, 0.29) is 12.6 Å². The van der Waals surface area contributed by atoms with Crippen LogP contribution in [0.4, 0.5) is 0 Å². The fraction of sp³-hybridized carbons (Fsp3) is 0.357. The van der Waals surface area contributed by atoms with E-state index in [9.17, 15) is 4.79 Å². The fourth-order valence-electron chi connectivity index (χ4n) is 2.21. The average Bonchev–Trinajstić information content (AvgIpc) is 2.88. The Labute approximate surface area is 111 Å². The zero-order valence-electron chi connectivity index (χ0n) is 10.8. The van der Waals surface area contributed by atoms with Gasteiger partial charge in [-0.1, -0.05) is 0 Å². The predicted molar refractivity (Wildman–Crippen MR) is 70.2 cm³/mol. The SMILES string of the molecule is CN1CCCN/C1=C\C(=O)c1ccc2c(c1)OCO2. The molecule has 1 aromatic rings. The minimum atomic E-state index is -0.0328. The van der Waals surface area contributed by atoms with Gasteiger partial charge in [0.05, 0.1) is 0 Å². The lowest BCUT2D eigenvalue weighted by Gasteiger charge is -2.28. The summed E-state index contributed by atoms with van der Waals surface area (Å²) in [6.45, 7) is 2.09. The second-order valence-electron chi connectivity index (χ2n) is 4.66. The number of benzene rings is 1. The van der Waals surface area contributed by atoms with Crippen LogP contribution >= 0.6 is 0 Å². The van der Waals surface area contributed by atoms with E-state index in [1.165, 1.54) is 0 Å². The van der Waals surface area contributed by atoms with Crippen molar-refractivity contribution >= 4 is 5.78 Å². The summed E-state index contributed by atoms with van der Waals surface area (Å²) < 4.78 is 10.5. The number of nitrogens with one attached hydrogen (secondary N) is 1. The number of fused-ring (bicyclic) bond motifs is 1. The first-order valence-corrected chi connectivity index (χ1v) is 6.35. The van der Waals surface area contributed by atoms with Crippen LogP contribution in [0.1, 0.15) is 16.8 Å². The molecule has 2 heterocycles. The van der Waals surface area contributed by atoms with Crippen LogP contribution in [-0.2, 0) is 0 Å². The maximum Gasteiger partial charge on any atom is 0.231 e. The number of ketones is 1. The normalized spacial score (nSPS) is 19.4. The summed E-state index contributed by atoms with van der Waals surface area (Å²) in [6.07, 6.45) is 2.72. The summed E-state index contributed by atoms with van der Waals surface area (Å²) in [7, 11) is 1.98. The molecule has 0 unspecified atom stereocenters. The van der Waals surface area contributed by atoms with Gasteiger partial charge in [0.1, 0.15) is 5.82 Å². The molecule has 0 aromatic heterocycles. The van der Waals surface area contributed by atoms with Gasteiger partial charge in [-0.15, -0.1) is 0 Å². The molecule has 2 aliphatic rings. The smallest absolute Gasteiger partial charge is 0.231 e. The van der Waals surface area contributed by atoms with Gasteiger partial charge in [0.25, 0.3) is 0 Å². The highest BCUT2D eigenvalue weighted by Gasteiger charge is 2.17. The van der Waals surface area contributed by atoms with Gasteiger partial charge in [-0.3, -0.25) is 4.79 Å². The standard InChI is InChI=1S/C14H16N2O3/c1-16-6-2-5-15-14(16)8-11(17)10-3-4-12-13(7-10)19-9-18-12/h3-4,7-8,15H,2,5-6,9H2,1H3/b14-8+. The van der Waals surface area contributed by atoms with Gasteiger partial charge in [0, 0.05) is 31.8 Å². The van der Waals surface area contributed by atoms with Crippen LogP contribution < -0.4 is 14.8 Å². The van der Waals surface area contributed by atoms with Crippen LogP contribution in [0.5, 0.6) is 11.5 Å². The molecule has 19 heavy (non-hydrogen) atoms. The quantitative estimate of drug-likeness (QED) is 0.643. The Morgan fingerprint density at radius 2 is 2.21 bits per heavy atom. The lowest BCUT2D eigenvalue weighted by atomic mass is 10.1. The van der Waals surface area contributed by atoms with Gasteiger partial charge in [-0.05, 0) is 24.6 Å². The van der Waals surface area contributed by atoms with E-state index < -0.39 is 0 Å². The monoisotopic (exact) mass is 260 g/mol. The Bertz CT molecular complexity index is 539. The van der Waals surface area contributed by atoms with Crippen LogP contribution in [0.2, 0.25) is 0 Å². The van der Waals surface area contributed by atoms with Gasteiger partial charge in [0.15, 0.2) is 17.3 Å². The molecule has 0 radical (unpaired) electrons. The first kappa shape index (κ1) is 11.9. The van der Waals surface area contributed by atoms with Gasteiger partial charge in [-0.25, -0.2) is 0 Å². The largest absolute Gasteiger partial charge is 0.454 e. The fourth-order valence-corrected chi connectivity index (χ4v) is 2.21. The van der Waals surface area contributed by atoms with E-state index in [4.69, 9.17) is 9.47 Å². The van der Waals surface area contributed by atoms with Crippen molar-refractivity contribution in [2.45, 2.75) is 6.42 Å². The Balaban J connectivity index is 1.82. The van der Waals surface area contributed by atoms with Crippen LogP contribution in [0.25, 0.3) is 0 Å². The zero-order valence-corrected chi connectivity index (χ0v) is 10.8. The molecule has 0 amide bonds. The van der Waals surface area contributed by atoms with Crippen molar-refractivity contribution in [3.05, 3.63) is 35.7 Å². The summed E-state index contributed by atoms with van der Waals surface area (Å²) in [5.41, 5.74) is 0.609. The molecule has 2 aliphatic heterocycles. The number of nitrogens with zero attached hydrogens (tertiary/aromatic N) is 1. The minimum Gasteiger partial charge on any atom is -0.454 e. The third-order valence-corrected chi connectivity index (χ3v) is 3.31. The van der Waals surface area contributed by atoms with Gasteiger partial charge in [-0.2, -0.15) is 0 Å². The highest BCUT2D eigenvalue weighted by atomic mass is 16.7. The number of hydrogen-bond donors (Lipinski definition) is 1. The zero-order chi connectivity index (χ0) is 13.2. The molecule has 0 bridgehead atoms. The lowest BCUT2D eigenvalue weighted by Crippen LogP contribution is -2.37. The Morgan fingerprint density at radius 3 is 3.05 bits per heavy atom. The molecule has 1 aromatic carbocycles. The Morgan fingerprint density at radius 1 is 1.37 bits per heavy atom. The number of rotatable bonds is 2. The van der Waals surface area contributed by atoms with Crippen LogP contribution in [0.3, 0.4) is 0 Å². The van der Waals surface area contributed by atoms with E-state index in [2.05, 4.69) is 5.32 Å².